The Balaban J connectivity index is 1.36. The molecule has 4 aliphatic rings. The summed E-state index contributed by atoms with van der Waals surface area (Å²) >= 11 is 0. The molecule has 2 saturated heterocycles. The molecule has 2 N–H and O–H groups in total. The molecule has 6 heteroatoms. The Labute approximate surface area is 205 Å². The maximum Gasteiger partial charge on any atom is 0.311 e. The van der Waals surface area contributed by atoms with Crippen molar-refractivity contribution in [1.29, 1.82) is 0 Å². The number of ether oxygens (including phenoxy) is 1. The molecule has 1 aliphatic carbocycles. The van der Waals surface area contributed by atoms with E-state index in [2.05, 4.69) is 64.6 Å². The largest absolute Gasteiger partial charge is 0.469 e. The zero-order chi connectivity index (χ0) is 23.7. The van der Waals surface area contributed by atoms with Crippen LogP contribution in [0.4, 0.5) is 5.69 Å². The summed E-state index contributed by atoms with van der Waals surface area (Å²) in [6, 6.07) is 17.3. The highest BCUT2D eigenvalue weighted by molar-refractivity contribution is 6.10. The fourth-order valence-electron chi connectivity index (χ4n) is 7.83. The third-order valence-electron chi connectivity index (χ3n) is 9.37. The zero-order valence-corrected chi connectivity index (χ0v) is 20.0. The number of aliphatic hydroxyl groups is 1. The maximum absolute atomic E-state index is 12.8. The first kappa shape index (κ1) is 21.3. The number of H-pyrrole nitrogens is 1. The molecule has 0 spiro atoms. The molecule has 35 heavy (non-hydrogen) atoms. The fraction of sp³-hybridized carbons (Fsp3) is 0.448. The number of hydrogen-bond acceptors (Lipinski definition) is 5. The summed E-state index contributed by atoms with van der Waals surface area (Å²) in [6.45, 7) is 1.95. The van der Waals surface area contributed by atoms with Crippen molar-refractivity contribution in [3.8, 4) is 0 Å². The van der Waals surface area contributed by atoms with E-state index < -0.39 is 12.0 Å². The van der Waals surface area contributed by atoms with Gasteiger partial charge in [0.05, 0.1) is 35.9 Å². The van der Waals surface area contributed by atoms with Crippen LogP contribution in [0.15, 0.2) is 59.7 Å². The van der Waals surface area contributed by atoms with Crippen LogP contribution in [0.3, 0.4) is 0 Å². The molecule has 3 fully saturated rings. The average molecular weight is 470 g/mol. The van der Waals surface area contributed by atoms with E-state index in [1.807, 2.05) is 0 Å². The summed E-state index contributed by atoms with van der Waals surface area (Å²) in [5.41, 5.74) is 5.72. The number of nitrogens with one attached hydrogen (secondary N) is 1. The molecular formula is C29H31N3O3. The first-order valence-electron chi connectivity index (χ1n) is 12.9. The first-order chi connectivity index (χ1) is 17.1. The monoisotopic (exact) mass is 469 g/mol. The third-order valence-corrected chi connectivity index (χ3v) is 9.37. The van der Waals surface area contributed by atoms with Gasteiger partial charge < -0.3 is 14.8 Å². The number of rotatable bonds is 2. The third kappa shape index (κ3) is 2.90. The highest BCUT2D eigenvalue weighted by Gasteiger charge is 2.57. The zero-order valence-electron chi connectivity index (χ0n) is 20.0. The second-order valence-corrected chi connectivity index (χ2v) is 10.8. The quantitative estimate of drug-likeness (QED) is 0.552. The predicted octanol–water partition coefficient (Wildman–Crippen LogP) is 4.19. The summed E-state index contributed by atoms with van der Waals surface area (Å²) in [4.78, 5) is 24.2. The predicted molar refractivity (Wildman–Crippen MR) is 135 cm³/mol. The topological polar surface area (TPSA) is 77.9 Å². The Morgan fingerprint density at radius 1 is 1.14 bits per heavy atom. The van der Waals surface area contributed by atoms with Gasteiger partial charge in [0.25, 0.3) is 0 Å². The van der Waals surface area contributed by atoms with Gasteiger partial charge >= 0.3 is 5.97 Å². The van der Waals surface area contributed by atoms with Crippen LogP contribution in [0.1, 0.15) is 36.8 Å². The summed E-state index contributed by atoms with van der Waals surface area (Å²) in [5.74, 6) is -0.202. The minimum absolute atomic E-state index is 0.109. The fourth-order valence-corrected chi connectivity index (χ4v) is 7.83. The van der Waals surface area contributed by atoms with Gasteiger partial charge in [0, 0.05) is 36.2 Å². The van der Waals surface area contributed by atoms with E-state index in [9.17, 15) is 9.90 Å². The van der Waals surface area contributed by atoms with Crippen molar-refractivity contribution in [3.63, 3.8) is 0 Å². The molecule has 180 valence electrons. The van der Waals surface area contributed by atoms with Gasteiger partial charge in [-0.2, -0.15) is 0 Å². The molecule has 1 saturated carbocycles. The van der Waals surface area contributed by atoms with Crippen molar-refractivity contribution in [3.05, 3.63) is 65.9 Å². The molecule has 0 unspecified atom stereocenters. The van der Waals surface area contributed by atoms with Crippen molar-refractivity contribution in [2.75, 3.05) is 20.2 Å². The van der Waals surface area contributed by atoms with Crippen molar-refractivity contribution >= 4 is 28.3 Å². The van der Waals surface area contributed by atoms with Crippen molar-refractivity contribution in [1.82, 2.24) is 9.88 Å². The second-order valence-electron chi connectivity index (χ2n) is 10.8. The number of carbonyl (C=O) groups is 1. The van der Waals surface area contributed by atoms with Crippen molar-refractivity contribution in [2.45, 2.75) is 43.2 Å². The van der Waals surface area contributed by atoms with Gasteiger partial charge in [0.1, 0.15) is 0 Å². The number of nitrogens with zero attached hydrogens (tertiary/aromatic N) is 2. The molecule has 6 atom stereocenters. The first-order valence-corrected chi connectivity index (χ1v) is 12.9. The van der Waals surface area contributed by atoms with Crippen LogP contribution in [0, 0.1) is 17.8 Å². The molecule has 3 aliphatic heterocycles. The number of fused-ring (bicyclic) bond motifs is 7. The number of aliphatic imine (C=N–C) groups is 1. The van der Waals surface area contributed by atoms with Gasteiger partial charge in [-0.1, -0.05) is 36.4 Å². The van der Waals surface area contributed by atoms with Gasteiger partial charge in [0.2, 0.25) is 0 Å². The van der Waals surface area contributed by atoms with Crippen LogP contribution in [0.25, 0.3) is 10.9 Å². The molecule has 0 amide bonds. The van der Waals surface area contributed by atoms with Crippen LogP contribution in [-0.2, 0) is 14.9 Å². The molecule has 0 bridgehead atoms. The minimum Gasteiger partial charge on any atom is -0.469 e. The Morgan fingerprint density at radius 3 is 2.86 bits per heavy atom. The number of hydrogen-bond donors (Lipinski definition) is 2. The van der Waals surface area contributed by atoms with Crippen LogP contribution < -0.4 is 0 Å². The SMILES string of the molecule is COC(=O)[C@@H]1[C@H]2C[C@H]3C4=Nc5ccccc5[C@]4(c4c[nH]c5ccccc45)CCN3C[C@@H]2CC[C@@H]1O. The normalized spacial score (nSPS) is 33.9. The number of para-hydroxylation sites is 2. The lowest BCUT2D eigenvalue weighted by Gasteiger charge is -2.54. The summed E-state index contributed by atoms with van der Waals surface area (Å²) in [5, 5.41) is 12.1. The summed E-state index contributed by atoms with van der Waals surface area (Å²) in [7, 11) is 1.44. The number of piperidine rings is 2. The van der Waals surface area contributed by atoms with E-state index in [4.69, 9.17) is 9.73 Å². The molecule has 2 aromatic carbocycles. The Morgan fingerprint density at radius 2 is 1.97 bits per heavy atom. The van der Waals surface area contributed by atoms with Crippen LogP contribution in [0.2, 0.25) is 0 Å². The molecular weight excluding hydrogens is 438 g/mol. The highest BCUT2D eigenvalue weighted by atomic mass is 16.5. The molecule has 7 rings (SSSR count). The number of aromatic nitrogens is 1. The van der Waals surface area contributed by atoms with E-state index in [1.165, 1.54) is 29.3 Å². The smallest absolute Gasteiger partial charge is 0.311 e. The van der Waals surface area contributed by atoms with E-state index >= 15 is 0 Å². The Bertz CT molecular complexity index is 1350. The average Bonchev–Trinajstić information content (AvgIpc) is 3.47. The van der Waals surface area contributed by atoms with Crippen LogP contribution >= 0.6 is 0 Å². The van der Waals surface area contributed by atoms with Gasteiger partial charge in [-0.05, 0) is 60.8 Å². The van der Waals surface area contributed by atoms with Gasteiger partial charge in [-0.15, -0.1) is 0 Å². The Kier molecular flexibility index (Phi) is 4.74. The lowest BCUT2D eigenvalue weighted by Crippen LogP contribution is -2.63. The second kappa shape index (κ2) is 7.77. The standard InChI is InChI=1S/C29H31N3O3/c1-35-28(34)26-19-14-24-27-29(20-7-3-5-9-23(20)31-27,21-15-30-22-8-4-2-6-18(21)22)12-13-32(24)16-17(19)10-11-25(26)33/h2-9,15,17,19,24-26,30,33H,10-14,16H2,1H3/t17-,19-,24-,25-,26+,29-/m0/s1. The van der Waals surface area contributed by atoms with Crippen molar-refractivity contribution in [2.24, 2.45) is 22.7 Å². The number of aliphatic hydroxyl groups excluding tert-OH is 1. The Hall–Kier alpha value is -2.96. The van der Waals surface area contributed by atoms with E-state index in [1.54, 1.807) is 0 Å². The van der Waals surface area contributed by atoms with E-state index in [-0.39, 0.29) is 23.3 Å². The van der Waals surface area contributed by atoms with Gasteiger partial charge in [-0.3, -0.25) is 14.7 Å². The maximum atomic E-state index is 12.8. The molecule has 1 aromatic heterocycles. The van der Waals surface area contributed by atoms with Crippen molar-refractivity contribution < 1.29 is 14.6 Å². The molecule has 4 heterocycles. The minimum atomic E-state index is -0.625. The van der Waals surface area contributed by atoms with Gasteiger partial charge in [0.15, 0.2) is 0 Å². The lowest BCUT2D eigenvalue weighted by atomic mass is 9.60. The number of methoxy groups -OCH3 is 1. The summed E-state index contributed by atoms with van der Waals surface area (Å²) in [6.07, 6.45) is 5.01. The van der Waals surface area contributed by atoms with E-state index in [0.29, 0.717) is 12.3 Å². The van der Waals surface area contributed by atoms with Gasteiger partial charge in [-0.25, -0.2) is 0 Å². The number of benzene rings is 2. The van der Waals surface area contributed by atoms with E-state index in [0.717, 1.165) is 43.6 Å². The highest BCUT2D eigenvalue weighted by Crippen LogP contribution is 2.55. The lowest BCUT2D eigenvalue weighted by molar-refractivity contribution is -0.159. The summed E-state index contributed by atoms with van der Waals surface area (Å²) < 4.78 is 5.16. The number of aromatic amines is 1. The molecule has 0 radical (unpaired) electrons. The molecule has 3 aromatic rings. The molecule has 6 nitrogen and oxygen atoms in total. The van der Waals surface area contributed by atoms with Crippen LogP contribution in [0.5, 0.6) is 0 Å². The number of esters is 1. The number of carbonyl (C=O) groups excluding carboxylic acids is 1. The van der Waals surface area contributed by atoms with Crippen LogP contribution in [-0.4, -0.2) is 59.0 Å².